The van der Waals surface area contributed by atoms with Gasteiger partial charge in [-0.15, -0.1) is 0 Å². The number of nitrogens with zero attached hydrogens (tertiary/aromatic N) is 1. The molecule has 0 radical (unpaired) electrons. The van der Waals surface area contributed by atoms with E-state index in [1.807, 2.05) is 12.3 Å². The predicted octanol–water partition coefficient (Wildman–Crippen LogP) is 5.51. The Hall–Kier alpha value is -1.83. The lowest BCUT2D eigenvalue weighted by Crippen LogP contribution is -2.12. The Morgan fingerprint density at radius 3 is 2.52 bits per heavy atom. The highest BCUT2D eigenvalue weighted by Gasteiger charge is 2.12. The Morgan fingerprint density at radius 2 is 1.81 bits per heavy atom. The molecule has 1 heterocycles. The normalized spacial score (nSPS) is 12.1. The highest BCUT2D eigenvalue weighted by atomic mass is 15.0. The summed E-state index contributed by atoms with van der Waals surface area (Å²) in [4.78, 5) is 4.48. The van der Waals surface area contributed by atoms with Crippen LogP contribution < -0.4 is 5.32 Å². The van der Waals surface area contributed by atoms with Gasteiger partial charge < -0.3 is 5.32 Å². The van der Waals surface area contributed by atoms with E-state index in [0.717, 1.165) is 12.2 Å². The van der Waals surface area contributed by atoms with Gasteiger partial charge in [0.25, 0.3) is 0 Å². The number of pyridine rings is 1. The van der Waals surface area contributed by atoms with Crippen molar-refractivity contribution in [2.24, 2.45) is 0 Å². The minimum atomic E-state index is 0.344. The van der Waals surface area contributed by atoms with Crippen molar-refractivity contribution in [1.29, 1.82) is 0 Å². The van der Waals surface area contributed by atoms with Crippen molar-refractivity contribution in [2.75, 3.05) is 5.32 Å². The topological polar surface area (TPSA) is 24.9 Å². The van der Waals surface area contributed by atoms with Crippen LogP contribution >= 0.6 is 0 Å². The molecule has 0 aliphatic carbocycles. The van der Waals surface area contributed by atoms with Crippen LogP contribution in [-0.2, 0) is 0 Å². The van der Waals surface area contributed by atoms with E-state index in [9.17, 15) is 0 Å². The van der Waals surface area contributed by atoms with Crippen LogP contribution in [0.5, 0.6) is 0 Å². The predicted molar refractivity (Wildman–Crippen MR) is 90.5 cm³/mol. The number of benzene rings is 1. The second kappa shape index (κ2) is 8.46. The number of aromatic nitrogens is 1. The molecule has 0 saturated carbocycles. The molecule has 1 aromatic heterocycles. The number of hydrogen-bond donors (Lipinski definition) is 1. The first kappa shape index (κ1) is 15.6. The monoisotopic (exact) mass is 282 g/mol. The fourth-order valence-electron chi connectivity index (χ4n) is 2.58. The van der Waals surface area contributed by atoms with E-state index in [1.54, 1.807) is 0 Å². The van der Waals surface area contributed by atoms with Gasteiger partial charge in [-0.05, 0) is 30.5 Å². The Balaban J connectivity index is 2.07. The summed E-state index contributed by atoms with van der Waals surface area (Å²) in [6, 6.07) is 15.1. The van der Waals surface area contributed by atoms with Crippen LogP contribution in [0.3, 0.4) is 0 Å². The van der Waals surface area contributed by atoms with Gasteiger partial charge in [-0.25, -0.2) is 4.98 Å². The van der Waals surface area contributed by atoms with Crippen LogP contribution in [0.2, 0.25) is 0 Å². The Morgan fingerprint density at radius 1 is 1.00 bits per heavy atom. The molecule has 2 rings (SSSR count). The maximum atomic E-state index is 4.48. The maximum absolute atomic E-state index is 4.48. The first-order valence-corrected chi connectivity index (χ1v) is 8.04. The van der Waals surface area contributed by atoms with Crippen LogP contribution in [0.1, 0.15) is 56.2 Å². The number of unbranched alkanes of at least 4 members (excludes halogenated alkanes) is 3. The highest BCUT2D eigenvalue weighted by molar-refractivity contribution is 5.45. The van der Waals surface area contributed by atoms with E-state index in [2.05, 4.69) is 60.5 Å². The molecular weight excluding hydrogens is 256 g/mol. The summed E-state index contributed by atoms with van der Waals surface area (Å²) in [6.45, 7) is 4.36. The van der Waals surface area contributed by atoms with Gasteiger partial charge in [0.05, 0.1) is 6.04 Å². The third-order valence-corrected chi connectivity index (χ3v) is 3.87. The van der Waals surface area contributed by atoms with E-state index in [1.165, 1.54) is 36.8 Å². The SMILES string of the molecule is CCCCCCC(Nc1ncccc1C)c1ccccc1. The first-order valence-electron chi connectivity index (χ1n) is 8.04. The van der Waals surface area contributed by atoms with Gasteiger partial charge in [0.2, 0.25) is 0 Å². The molecular formula is C19H26N2. The molecule has 112 valence electrons. The quantitative estimate of drug-likeness (QED) is 0.645. The van der Waals surface area contributed by atoms with E-state index >= 15 is 0 Å². The van der Waals surface area contributed by atoms with Crippen molar-refractivity contribution >= 4 is 5.82 Å². The summed E-state index contributed by atoms with van der Waals surface area (Å²) in [6.07, 6.45) is 8.18. The van der Waals surface area contributed by atoms with Crippen molar-refractivity contribution in [2.45, 2.75) is 52.0 Å². The second-order valence-corrected chi connectivity index (χ2v) is 5.63. The van der Waals surface area contributed by atoms with Crippen molar-refractivity contribution in [1.82, 2.24) is 4.98 Å². The molecule has 1 unspecified atom stereocenters. The lowest BCUT2D eigenvalue weighted by atomic mass is 10.00. The van der Waals surface area contributed by atoms with Gasteiger partial charge in [0.15, 0.2) is 0 Å². The molecule has 1 aromatic carbocycles. The number of nitrogens with one attached hydrogen (secondary N) is 1. The summed E-state index contributed by atoms with van der Waals surface area (Å²) in [5.41, 5.74) is 2.55. The van der Waals surface area contributed by atoms with Crippen LogP contribution in [0.25, 0.3) is 0 Å². The van der Waals surface area contributed by atoms with Crippen molar-refractivity contribution in [3.8, 4) is 0 Å². The molecule has 1 N–H and O–H groups in total. The van der Waals surface area contributed by atoms with E-state index in [4.69, 9.17) is 0 Å². The first-order chi connectivity index (χ1) is 10.3. The summed E-state index contributed by atoms with van der Waals surface area (Å²) < 4.78 is 0. The molecule has 2 heteroatoms. The Labute approximate surface area is 128 Å². The van der Waals surface area contributed by atoms with Crippen molar-refractivity contribution in [3.05, 3.63) is 59.8 Å². The van der Waals surface area contributed by atoms with E-state index in [0.29, 0.717) is 6.04 Å². The van der Waals surface area contributed by atoms with Crippen LogP contribution in [-0.4, -0.2) is 4.98 Å². The molecule has 0 aliphatic rings. The number of hydrogen-bond acceptors (Lipinski definition) is 2. The van der Waals surface area contributed by atoms with Gasteiger partial charge in [-0.1, -0.05) is 69.0 Å². The maximum Gasteiger partial charge on any atom is 0.129 e. The molecule has 0 fully saturated rings. The van der Waals surface area contributed by atoms with Gasteiger partial charge in [0.1, 0.15) is 5.82 Å². The number of rotatable bonds is 8. The zero-order valence-electron chi connectivity index (χ0n) is 13.2. The second-order valence-electron chi connectivity index (χ2n) is 5.63. The minimum absolute atomic E-state index is 0.344. The number of anilines is 1. The van der Waals surface area contributed by atoms with Crippen molar-refractivity contribution < 1.29 is 0 Å². The molecule has 0 amide bonds. The fraction of sp³-hybridized carbons (Fsp3) is 0.421. The van der Waals surface area contributed by atoms with Crippen LogP contribution in [0.15, 0.2) is 48.7 Å². The zero-order valence-corrected chi connectivity index (χ0v) is 13.2. The Bertz CT molecular complexity index is 522. The standard InChI is InChI=1S/C19H26N2/c1-3-4-5-9-14-18(17-12-7-6-8-13-17)21-19-16(2)11-10-15-20-19/h6-8,10-13,15,18H,3-5,9,14H2,1-2H3,(H,20,21). The molecule has 0 saturated heterocycles. The lowest BCUT2D eigenvalue weighted by molar-refractivity contribution is 0.585. The molecule has 1 atom stereocenters. The number of aryl methyl sites for hydroxylation is 1. The van der Waals surface area contributed by atoms with Crippen LogP contribution in [0, 0.1) is 6.92 Å². The third kappa shape index (κ3) is 4.89. The van der Waals surface area contributed by atoms with Gasteiger partial charge in [-0.3, -0.25) is 0 Å². The van der Waals surface area contributed by atoms with E-state index < -0.39 is 0 Å². The van der Waals surface area contributed by atoms with E-state index in [-0.39, 0.29) is 0 Å². The summed E-state index contributed by atoms with van der Waals surface area (Å²) in [5, 5.41) is 3.63. The van der Waals surface area contributed by atoms with Crippen LogP contribution in [0.4, 0.5) is 5.82 Å². The third-order valence-electron chi connectivity index (χ3n) is 3.87. The molecule has 2 aromatic rings. The van der Waals surface area contributed by atoms with Gasteiger partial charge in [0, 0.05) is 6.20 Å². The van der Waals surface area contributed by atoms with Crippen molar-refractivity contribution in [3.63, 3.8) is 0 Å². The molecule has 0 bridgehead atoms. The van der Waals surface area contributed by atoms with Gasteiger partial charge in [-0.2, -0.15) is 0 Å². The zero-order chi connectivity index (χ0) is 14.9. The summed E-state index contributed by atoms with van der Waals surface area (Å²) in [7, 11) is 0. The summed E-state index contributed by atoms with van der Waals surface area (Å²) in [5.74, 6) is 1.00. The lowest BCUT2D eigenvalue weighted by Gasteiger charge is -2.21. The smallest absolute Gasteiger partial charge is 0.129 e. The average Bonchev–Trinajstić information content (AvgIpc) is 2.53. The average molecular weight is 282 g/mol. The molecule has 0 aliphatic heterocycles. The molecule has 0 spiro atoms. The largest absolute Gasteiger partial charge is 0.363 e. The molecule has 21 heavy (non-hydrogen) atoms. The summed E-state index contributed by atoms with van der Waals surface area (Å²) >= 11 is 0. The minimum Gasteiger partial charge on any atom is -0.363 e. The van der Waals surface area contributed by atoms with Gasteiger partial charge >= 0.3 is 0 Å². The fourth-order valence-corrected chi connectivity index (χ4v) is 2.58. The Kier molecular flexibility index (Phi) is 6.26. The highest BCUT2D eigenvalue weighted by Crippen LogP contribution is 2.25. The molecule has 2 nitrogen and oxygen atoms in total.